The molecule has 1 aliphatic rings. The molecule has 1 unspecified atom stereocenters. The summed E-state index contributed by atoms with van der Waals surface area (Å²) in [6.45, 7) is 3.76. The average Bonchev–Trinajstić information content (AvgIpc) is 3.10. The third-order valence-electron chi connectivity index (χ3n) is 4.65. The second-order valence-corrected chi connectivity index (χ2v) is 8.32. The van der Waals surface area contributed by atoms with Crippen LogP contribution in [0, 0.1) is 18.7 Å². The summed E-state index contributed by atoms with van der Waals surface area (Å²) in [5.74, 6) is 0.275. The van der Waals surface area contributed by atoms with Crippen molar-refractivity contribution >= 4 is 15.7 Å². The van der Waals surface area contributed by atoms with Crippen molar-refractivity contribution in [1.29, 1.82) is 0 Å². The fourth-order valence-corrected chi connectivity index (χ4v) is 4.55. The lowest BCUT2D eigenvalue weighted by atomic mass is 10.1. The van der Waals surface area contributed by atoms with Gasteiger partial charge in [-0.1, -0.05) is 6.07 Å². The normalized spacial score (nSPS) is 17.5. The molecular weight excluding hydrogens is 355 g/mol. The summed E-state index contributed by atoms with van der Waals surface area (Å²) in [5.41, 5.74) is 1.81. The molecule has 1 N–H and O–H groups in total. The van der Waals surface area contributed by atoms with Gasteiger partial charge in [0.1, 0.15) is 16.5 Å². The molecule has 2 aromatic rings. The van der Waals surface area contributed by atoms with E-state index in [0.717, 1.165) is 30.8 Å². The van der Waals surface area contributed by atoms with Gasteiger partial charge < -0.3 is 9.64 Å². The highest BCUT2D eigenvalue weighted by molar-refractivity contribution is 7.89. The molecular formula is C19H23FN2O3S. The molecule has 0 radical (unpaired) electrons. The molecule has 1 atom stereocenters. The minimum absolute atomic E-state index is 0.161. The number of benzene rings is 2. The number of hydrogen-bond donors (Lipinski definition) is 1. The zero-order chi connectivity index (χ0) is 18.7. The number of sulfonamides is 1. The number of halogens is 1. The molecule has 1 heterocycles. The predicted molar refractivity (Wildman–Crippen MR) is 99.6 cm³/mol. The zero-order valence-corrected chi connectivity index (χ0v) is 15.7. The van der Waals surface area contributed by atoms with E-state index in [0.29, 0.717) is 12.3 Å². The van der Waals surface area contributed by atoms with Crippen LogP contribution in [-0.4, -0.2) is 35.2 Å². The molecule has 0 aliphatic carbocycles. The van der Waals surface area contributed by atoms with Crippen molar-refractivity contribution in [3.8, 4) is 5.75 Å². The first-order valence-corrected chi connectivity index (χ1v) is 10.0. The molecule has 0 bridgehead atoms. The maximum Gasteiger partial charge on any atom is 0.244 e. The van der Waals surface area contributed by atoms with Crippen LogP contribution in [0.1, 0.15) is 12.0 Å². The Morgan fingerprint density at radius 1 is 1.23 bits per heavy atom. The smallest absolute Gasteiger partial charge is 0.244 e. The Morgan fingerprint density at radius 3 is 2.65 bits per heavy atom. The van der Waals surface area contributed by atoms with E-state index in [4.69, 9.17) is 4.74 Å². The molecule has 1 fully saturated rings. The minimum Gasteiger partial charge on any atom is -0.495 e. The van der Waals surface area contributed by atoms with Crippen LogP contribution in [0.15, 0.2) is 47.4 Å². The molecule has 3 rings (SSSR count). The molecule has 140 valence electrons. The Bertz CT molecular complexity index is 869. The highest BCUT2D eigenvalue weighted by Crippen LogP contribution is 2.26. The van der Waals surface area contributed by atoms with Gasteiger partial charge >= 0.3 is 0 Å². The summed E-state index contributed by atoms with van der Waals surface area (Å²) in [6, 6.07) is 11.5. The number of methoxy groups -OCH3 is 1. The Morgan fingerprint density at radius 2 is 1.96 bits per heavy atom. The van der Waals surface area contributed by atoms with Crippen LogP contribution in [0.2, 0.25) is 0 Å². The summed E-state index contributed by atoms with van der Waals surface area (Å²) in [6.07, 6.45) is 0.880. The van der Waals surface area contributed by atoms with Crippen molar-refractivity contribution in [2.45, 2.75) is 18.2 Å². The third-order valence-corrected chi connectivity index (χ3v) is 6.09. The number of aryl methyl sites for hydroxylation is 1. The van der Waals surface area contributed by atoms with Crippen LogP contribution in [0.5, 0.6) is 5.75 Å². The quantitative estimate of drug-likeness (QED) is 0.840. The second-order valence-electron chi connectivity index (χ2n) is 6.58. The molecule has 1 aliphatic heterocycles. The SMILES string of the molecule is COc1ccc(C)cc1S(=O)(=O)NCC1CCN(c2ccc(F)cc2)C1. The van der Waals surface area contributed by atoms with E-state index in [1.165, 1.54) is 19.2 Å². The summed E-state index contributed by atoms with van der Waals surface area (Å²) in [7, 11) is -2.18. The van der Waals surface area contributed by atoms with Gasteiger partial charge in [0.2, 0.25) is 10.0 Å². The topological polar surface area (TPSA) is 58.6 Å². The van der Waals surface area contributed by atoms with Gasteiger partial charge in [0.15, 0.2) is 0 Å². The van der Waals surface area contributed by atoms with Crippen LogP contribution in [0.3, 0.4) is 0 Å². The number of anilines is 1. The van der Waals surface area contributed by atoms with E-state index in [1.807, 2.05) is 13.0 Å². The second kappa shape index (κ2) is 7.63. The lowest BCUT2D eigenvalue weighted by Gasteiger charge is -2.19. The molecule has 2 aromatic carbocycles. The van der Waals surface area contributed by atoms with Gasteiger partial charge in [0.25, 0.3) is 0 Å². The Kier molecular flexibility index (Phi) is 5.48. The monoisotopic (exact) mass is 378 g/mol. The Balaban J connectivity index is 1.64. The first-order valence-electron chi connectivity index (χ1n) is 8.54. The van der Waals surface area contributed by atoms with Crippen molar-refractivity contribution in [3.05, 3.63) is 53.8 Å². The van der Waals surface area contributed by atoms with Crippen molar-refractivity contribution in [3.63, 3.8) is 0 Å². The van der Waals surface area contributed by atoms with E-state index in [1.54, 1.807) is 24.3 Å². The summed E-state index contributed by atoms with van der Waals surface area (Å²) < 4.78 is 46.3. The van der Waals surface area contributed by atoms with E-state index in [-0.39, 0.29) is 16.6 Å². The van der Waals surface area contributed by atoms with E-state index < -0.39 is 10.0 Å². The molecule has 26 heavy (non-hydrogen) atoms. The first-order chi connectivity index (χ1) is 12.4. The minimum atomic E-state index is -3.64. The standard InChI is InChI=1S/C19H23FN2O3S/c1-14-3-8-18(25-2)19(11-14)26(23,24)21-12-15-9-10-22(13-15)17-6-4-16(20)5-7-17/h3-8,11,15,21H,9-10,12-13H2,1-2H3. The van der Waals surface area contributed by atoms with Crippen LogP contribution in [0.4, 0.5) is 10.1 Å². The summed E-state index contributed by atoms with van der Waals surface area (Å²) in [4.78, 5) is 2.31. The van der Waals surface area contributed by atoms with Gasteiger partial charge in [-0.3, -0.25) is 0 Å². The summed E-state index contributed by atoms with van der Waals surface area (Å²) >= 11 is 0. The van der Waals surface area contributed by atoms with E-state index in [2.05, 4.69) is 9.62 Å². The zero-order valence-electron chi connectivity index (χ0n) is 14.9. The molecule has 5 nitrogen and oxygen atoms in total. The number of nitrogens with zero attached hydrogens (tertiary/aromatic N) is 1. The van der Waals surface area contributed by atoms with Crippen LogP contribution < -0.4 is 14.4 Å². The molecule has 0 saturated carbocycles. The fourth-order valence-electron chi connectivity index (χ4n) is 3.18. The molecule has 0 aromatic heterocycles. The van der Waals surface area contributed by atoms with Gasteiger partial charge in [0, 0.05) is 25.3 Å². The maximum atomic E-state index is 13.0. The van der Waals surface area contributed by atoms with Crippen molar-refractivity contribution in [1.82, 2.24) is 4.72 Å². The summed E-state index contributed by atoms with van der Waals surface area (Å²) in [5, 5.41) is 0. The van der Waals surface area contributed by atoms with Gasteiger partial charge in [-0.15, -0.1) is 0 Å². The highest BCUT2D eigenvalue weighted by atomic mass is 32.2. The van der Waals surface area contributed by atoms with Crippen LogP contribution in [-0.2, 0) is 10.0 Å². The van der Waals surface area contributed by atoms with Crippen molar-refractivity contribution < 1.29 is 17.5 Å². The third kappa shape index (κ3) is 4.16. The average molecular weight is 378 g/mol. The molecule has 0 amide bonds. The molecule has 1 saturated heterocycles. The molecule has 7 heteroatoms. The van der Waals surface area contributed by atoms with Crippen molar-refractivity contribution in [2.75, 3.05) is 31.6 Å². The van der Waals surface area contributed by atoms with Gasteiger partial charge in [-0.05, 0) is 61.2 Å². The van der Waals surface area contributed by atoms with Crippen molar-refractivity contribution in [2.24, 2.45) is 5.92 Å². The maximum absolute atomic E-state index is 13.0. The van der Waals surface area contributed by atoms with Crippen LogP contribution >= 0.6 is 0 Å². The number of hydrogen-bond acceptors (Lipinski definition) is 4. The first kappa shape index (κ1) is 18.7. The number of rotatable bonds is 6. The number of ether oxygens (including phenoxy) is 1. The Hall–Kier alpha value is -2.12. The lowest BCUT2D eigenvalue weighted by molar-refractivity contribution is 0.402. The van der Waals surface area contributed by atoms with Gasteiger partial charge in [0.05, 0.1) is 7.11 Å². The van der Waals surface area contributed by atoms with Crippen LogP contribution in [0.25, 0.3) is 0 Å². The van der Waals surface area contributed by atoms with Gasteiger partial charge in [-0.2, -0.15) is 0 Å². The molecule has 0 spiro atoms. The predicted octanol–water partition coefficient (Wildman–Crippen LogP) is 2.95. The van der Waals surface area contributed by atoms with E-state index >= 15 is 0 Å². The lowest BCUT2D eigenvalue weighted by Crippen LogP contribution is -2.31. The largest absolute Gasteiger partial charge is 0.495 e. The highest BCUT2D eigenvalue weighted by Gasteiger charge is 2.26. The Labute approximate surface area is 153 Å². The van der Waals surface area contributed by atoms with E-state index in [9.17, 15) is 12.8 Å². The number of nitrogens with one attached hydrogen (secondary N) is 1. The fraction of sp³-hybridized carbons (Fsp3) is 0.368. The van der Waals surface area contributed by atoms with Gasteiger partial charge in [-0.25, -0.2) is 17.5 Å².